The Morgan fingerprint density at radius 3 is 2.03 bits per heavy atom. The maximum atomic E-state index is 13.3. The van der Waals surface area contributed by atoms with Crippen molar-refractivity contribution in [1.29, 1.82) is 0 Å². The van der Waals surface area contributed by atoms with Crippen molar-refractivity contribution >= 4 is 33.5 Å². The molecule has 0 saturated carbocycles. The lowest BCUT2D eigenvalue weighted by Crippen LogP contribution is -2.53. The Bertz CT molecular complexity index is 1130. The molecule has 34 heavy (non-hydrogen) atoms. The number of carbonyl (C=O) groups excluding carboxylic acids is 3. The molecule has 2 amide bonds. The number of benzene rings is 3. The van der Waals surface area contributed by atoms with Crippen LogP contribution in [0.3, 0.4) is 0 Å². The van der Waals surface area contributed by atoms with E-state index in [0.29, 0.717) is 29.7 Å². The van der Waals surface area contributed by atoms with Gasteiger partial charge in [-0.25, -0.2) is 0 Å². The number of Topliss-reactive ketones (excluding diaryl/α,β-unsaturated/α-hetero) is 1. The highest BCUT2D eigenvalue weighted by molar-refractivity contribution is 9.10. The molecule has 1 heterocycles. The smallest absolute Gasteiger partial charge is 0.267 e. The number of imide groups is 1. The van der Waals surface area contributed by atoms with Gasteiger partial charge in [0.2, 0.25) is 5.91 Å². The third-order valence-corrected chi connectivity index (χ3v) is 6.66. The summed E-state index contributed by atoms with van der Waals surface area (Å²) in [5.74, 6) is -1.43. The van der Waals surface area contributed by atoms with Crippen molar-refractivity contribution in [3.05, 3.63) is 106 Å². The number of amides is 2. The Hall–Kier alpha value is -3.13. The summed E-state index contributed by atoms with van der Waals surface area (Å²) in [6.45, 7) is 0.658. The first-order valence-corrected chi connectivity index (χ1v) is 11.9. The van der Waals surface area contributed by atoms with Crippen LogP contribution < -0.4 is 5.32 Å². The van der Waals surface area contributed by atoms with Crippen LogP contribution in [0.15, 0.2) is 89.4 Å². The minimum absolute atomic E-state index is 0.0789. The lowest BCUT2D eigenvalue weighted by molar-refractivity contribution is -0.142. The molecule has 6 nitrogen and oxygen atoms in total. The summed E-state index contributed by atoms with van der Waals surface area (Å²) in [5, 5.41) is 14.0. The van der Waals surface area contributed by atoms with E-state index in [1.54, 1.807) is 89.8 Å². The summed E-state index contributed by atoms with van der Waals surface area (Å²) >= 11 is 3.36. The molecule has 0 radical (unpaired) electrons. The molecule has 0 bridgehead atoms. The van der Waals surface area contributed by atoms with Gasteiger partial charge in [0.25, 0.3) is 5.91 Å². The maximum absolute atomic E-state index is 13.3. The van der Waals surface area contributed by atoms with Gasteiger partial charge >= 0.3 is 0 Å². The Morgan fingerprint density at radius 2 is 1.47 bits per heavy atom. The Morgan fingerprint density at radius 1 is 0.912 bits per heavy atom. The van der Waals surface area contributed by atoms with Gasteiger partial charge in [0.05, 0.1) is 12.6 Å². The highest BCUT2D eigenvalue weighted by atomic mass is 79.9. The van der Waals surface area contributed by atoms with Crippen molar-refractivity contribution in [2.75, 3.05) is 13.1 Å². The van der Waals surface area contributed by atoms with Gasteiger partial charge in [-0.3, -0.25) is 24.6 Å². The predicted octanol–water partition coefficient (Wildman–Crippen LogP) is 3.68. The number of nitrogens with one attached hydrogen (secondary N) is 1. The SMILES string of the molecule is O=C(CN1CCC[C@H]1C(=O)NC(=O)C(O)(c1ccccc1)c1ccccc1)c1ccc(Br)cc1. The zero-order chi connectivity index (χ0) is 24.1. The molecule has 4 rings (SSSR count). The lowest BCUT2D eigenvalue weighted by Gasteiger charge is -2.29. The molecule has 1 aliphatic rings. The molecular weight excluding hydrogens is 496 g/mol. The first-order chi connectivity index (χ1) is 16.4. The zero-order valence-corrected chi connectivity index (χ0v) is 20.1. The van der Waals surface area contributed by atoms with Crippen LogP contribution in [0.2, 0.25) is 0 Å². The molecule has 174 valence electrons. The van der Waals surface area contributed by atoms with Gasteiger partial charge in [-0.15, -0.1) is 0 Å². The number of likely N-dealkylation sites (tertiary alicyclic amines) is 1. The van der Waals surface area contributed by atoms with Crippen LogP contribution in [-0.2, 0) is 15.2 Å². The molecule has 1 saturated heterocycles. The van der Waals surface area contributed by atoms with E-state index in [-0.39, 0.29) is 12.3 Å². The topological polar surface area (TPSA) is 86.7 Å². The van der Waals surface area contributed by atoms with E-state index in [9.17, 15) is 19.5 Å². The monoisotopic (exact) mass is 520 g/mol. The van der Waals surface area contributed by atoms with Gasteiger partial charge in [-0.2, -0.15) is 0 Å². The highest BCUT2D eigenvalue weighted by Crippen LogP contribution is 2.30. The van der Waals surface area contributed by atoms with Crippen molar-refractivity contribution in [2.45, 2.75) is 24.5 Å². The summed E-state index contributed by atoms with van der Waals surface area (Å²) in [6.07, 6.45) is 1.27. The van der Waals surface area contributed by atoms with E-state index >= 15 is 0 Å². The number of hydrogen-bond acceptors (Lipinski definition) is 5. The summed E-state index contributed by atoms with van der Waals surface area (Å²) in [5.41, 5.74) is -0.747. The minimum Gasteiger partial charge on any atom is -0.372 e. The van der Waals surface area contributed by atoms with Crippen molar-refractivity contribution in [3.8, 4) is 0 Å². The van der Waals surface area contributed by atoms with E-state index < -0.39 is 23.5 Å². The van der Waals surface area contributed by atoms with Crippen molar-refractivity contribution < 1.29 is 19.5 Å². The van der Waals surface area contributed by atoms with Crippen LogP contribution in [0.25, 0.3) is 0 Å². The molecule has 3 aromatic rings. The fourth-order valence-corrected chi connectivity index (χ4v) is 4.56. The maximum Gasteiger partial charge on any atom is 0.267 e. The molecule has 1 atom stereocenters. The molecular formula is C27H25BrN2O4. The van der Waals surface area contributed by atoms with Crippen molar-refractivity contribution in [2.24, 2.45) is 0 Å². The number of nitrogens with zero attached hydrogens (tertiary/aromatic N) is 1. The van der Waals surface area contributed by atoms with Gasteiger partial charge in [0.15, 0.2) is 11.4 Å². The summed E-state index contributed by atoms with van der Waals surface area (Å²) in [6, 6.07) is 23.5. The largest absolute Gasteiger partial charge is 0.372 e. The summed E-state index contributed by atoms with van der Waals surface area (Å²) < 4.78 is 0.880. The second-order valence-electron chi connectivity index (χ2n) is 8.32. The van der Waals surface area contributed by atoms with E-state index in [0.717, 1.165) is 10.9 Å². The van der Waals surface area contributed by atoms with Crippen molar-refractivity contribution in [3.63, 3.8) is 0 Å². The van der Waals surface area contributed by atoms with Gasteiger partial charge in [0, 0.05) is 10.0 Å². The normalized spacial score (nSPS) is 16.2. The minimum atomic E-state index is -2.03. The van der Waals surface area contributed by atoms with Gasteiger partial charge < -0.3 is 5.11 Å². The Balaban J connectivity index is 1.51. The van der Waals surface area contributed by atoms with Gasteiger partial charge in [0.1, 0.15) is 0 Å². The fourth-order valence-electron chi connectivity index (χ4n) is 4.30. The van der Waals surface area contributed by atoms with E-state index in [1.807, 2.05) is 0 Å². The molecule has 3 aromatic carbocycles. The first-order valence-electron chi connectivity index (χ1n) is 11.1. The molecule has 7 heteroatoms. The lowest BCUT2D eigenvalue weighted by atomic mass is 9.85. The van der Waals surface area contributed by atoms with Crippen molar-refractivity contribution in [1.82, 2.24) is 10.2 Å². The molecule has 0 aromatic heterocycles. The molecule has 2 N–H and O–H groups in total. The second kappa shape index (κ2) is 10.4. The fraction of sp³-hybridized carbons (Fsp3) is 0.222. The van der Waals surface area contributed by atoms with Gasteiger partial charge in [-0.05, 0) is 42.6 Å². The average Bonchev–Trinajstić information content (AvgIpc) is 3.33. The zero-order valence-electron chi connectivity index (χ0n) is 18.5. The number of halogens is 1. The number of ketones is 1. The Labute approximate surface area is 206 Å². The predicted molar refractivity (Wildman–Crippen MR) is 132 cm³/mol. The summed E-state index contributed by atoms with van der Waals surface area (Å²) in [4.78, 5) is 41.0. The van der Waals surface area contributed by atoms with E-state index in [1.165, 1.54) is 0 Å². The standard InChI is InChI=1S/C27H25BrN2O4/c28-22-15-13-19(14-16-22)24(31)18-30-17-7-12-23(30)25(32)29-26(33)27(34,20-8-3-1-4-9-20)21-10-5-2-6-11-21/h1-6,8-11,13-16,23,34H,7,12,17-18H2,(H,29,32,33)/t23-/m0/s1. The average molecular weight is 521 g/mol. The van der Waals surface area contributed by atoms with E-state index in [2.05, 4.69) is 21.2 Å². The third-order valence-electron chi connectivity index (χ3n) is 6.13. The molecule has 0 spiro atoms. The Kier molecular flexibility index (Phi) is 7.36. The number of hydrogen-bond donors (Lipinski definition) is 2. The molecule has 0 unspecified atom stereocenters. The van der Waals surface area contributed by atoms with Gasteiger partial charge in [-0.1, -0.05) is 88.7 Å². The number of carbonyl (C=O) groups is 3. The van der Waals surface area contributed by atoms with Crippen LogP contribution in [0.4, 0.5) is 0 Å². The van der Waals surface area contributed by atoms with Crippen LogP contribution >= 0.6 is 15.9 Å². The van der Waals surface area contributed by atoms with E-state index in [4.69, 9.17) is 0 Å². The van der Waals surface area contributed by atoms with Crippen LogP contribution in [0.1, 0.15) is 34.3 Å². The number of aliphatic hydroxyl groups is 1. The summed E-state index contributed by atoms with van der Waals surface area (Å²) in [7, 11) is 0. The molecule has 0 aliphatic carbocycles. The quantitative estimate of drug-likeness (QED) is 0.464. The number of rotatable bonds is 7. The third kappa shape index (κ3) is 5.01. The van der Waals surface area contributed by atoms with Crippen LogP contribution in [0.5, 0.6) is 0 Å². The molecule has 1 fully saturated rings. The highest BCUT2D eigenvalue weighted by Gasteiger charge is 2.42. The first kappa shape index (κ1) is 24.0. The second-order valence-corrected chi connectivity index (χ2v) is 9.24. The van der Waals surface area contributed by atoms with Crippen LogP contribution in [-0.4, -0.2) is 46.7 Å². The molecule has 1 aliphatic heterocycles. The van der Waals surface area contributed by atoms with Crippen LogP contribution in [0, 0.1) is 0 Å².